The van der Waals surface area contributed by atoms with Gasteiger partial charge in [0.1, 0.15) is 5.75 Å². The summed E-state index contributed by atoms with van der Waals surface area (Å²) in [5.41, 5.74) is -4.85. The maximum atomic E-state index is 12.2. The smallest absolute Gasteiger partial charge is 0.494 e. The quantitative estimate of drug-likeness (QED) is 0.531. The predicted octanol–water partition coefficient (Wildman–Crippen LogP) is 2.73. The maximum absolute atomic E-state index is 12.2. The zero-order valence-corrected chi connectivity index (χ0v) is 13.6. The van der Waals surface area contributed by atoms with Crippen LogP contribution in [0.5, 0.6) is 5.75 Å². The van der Waals surface area contributed by atoms with Gasteiger partial charge < -0.3 is 9.84 Å². The molecule has 0 aliphatic rings. The highest BCUT2D eigenvalue weighted by Crippen LogP contribution is 2.26. The summed E-state index contributed by atoms with van der Waals surface area (Å²) < 4.78 is 67.5. The van der Waals surface area contributed by atoms with Crippen LogP contribution < -0.4 is 4.74 Å². The first-order chi connectivity index (χ1) is 11.1. The average molecular weight is 370 g/mol. The molecule has 0 radical (unpaired) electrons. The lowest BCUT2D eigenvalue weighted by molar-refractivity contribution is -0.146. The van der Waals surface area contributed by atoms with Gasteiger partial charge in [0.05, 0.1) is 6.61 Å². The molecule has 6 nitrogen and oxygen atoms in total. The molecule has 24 heavy (non-hydrogen) atoms. The standard InChI is InChI=1S/C14H17F3O6S/c1-2-22-11-8-6-10(7-9-11)4-3-5-12(13(18)19)23-24(20,21)14(15,16)17/h6-9,12H,2-5H2,1H3,(H,18,19)/t12-/m0/s1. The number of benzene rings is 1. The Balaban J connectivity index is 2.60. The van der Waals surface area contributed by atoms with Gasteiger partial charge >= 0.3 is 21.6 Å². The Bertz CT molecular complexity index is 639. The molecule has 1 N–H and O–H groups in total. The van der Waals surface area contributed by atoms with E-state index in [0.29, 0.717) is 18.8 Å². The number of alkyl halides is 3. The molecule has 0 spiro atoms. The van der Waals surface area contributed by atoms with Gasteiger partial charge in [0.2, 0.25) is 0 Å². The topological polar surface area (TPSA) is 89.9 Å². The Morgan fingerprint density at radius 1 is 1.25 bits per heavy atom. The molecular weight excluding hydrogens is 353 g/mol. The second-order valence-electron chi connectivity index (χ2n) is 4.79. The highest BCUT2D eigenvalue weighted by Gasteiger charge is 2.49. The van der Waals surface area contributed by atoms with Crippen molar-refractivity contribution >= 4 is 16.1 Å². The molecule has 1 aromatic carbocycles. The minimum absolute atomic E-state index is 0.137. The minimum Gasteiger partial charge on any atom is -0.494 e. The largest absolute Gasteiger partial charge is 0.523 e. The maximum Gasteiger partial charge on any atom is 0.523 e. The van der Waals surface area contributed by atoms with Crippen LogP contribution in [0.4, 0.5) is 13.2 Å². The lowest BCUT2D eigenvalue weighted by Crippen LogP contribution is -2.34. The van der Waals surface area contributed by atoms with E-state index in [9.17, 15) is 26.4 Å². The molecule has 0 aliphatic carbocycles. The average Bonchev–Trinajstić information content (AvgIpc) is 2.47. The Hall–Kier alpha value is -1.81. The van der Waals surface area contributed by atoms with Crippen molar-refractivity contribution in [2.45, 2.75) is 37.8 Å². The number of hydrogen-bond donors (Lipinski definition) is 1. The van der Waals surface area contributed by atoms with Gasteiger partial charge in [-0.2, -0.15) is 21.6 Å². The summed E-state index contributed by atoms with van der Waals surface area (Å²) in [7, 11) is -5.95. The zero-order chi connectivity index (χ0) is 18.4. The van der Waals surface area contributed by atoms with Gasteiger partial charge in [0, 0.05) is 0 Å². The lowest BCUT2D eigenvalue weighted by atomic mass is 10.1. The molecule has 0 aliphatic heterocycles. The van der Waals surface area contributed by atoms with Crippen LogP contribution in [0.2, 0.25) is 0 Å². The summed E-state index contributed by atoms with van der Waals surface area (Å²) in [6.45, 7) is 2.33. The van der Waals surface area contributed by atoms with E-state index < -0.39 is 27.7 Å². The van der Waals surface area contributed by atoms with Crippen molar-refractivity contribution in [1.82, 2.24) is 0 Å². The lowest BCUT2D eigenvalue weighted by Gasteiger charge is -2.14. The van der Waals surface area contributed by atoms with E-state index in [0.717, 1.165) is 5.56 Å². The summed E-state index contributed by atoms with van der Waals surface area (Å²) >= 11 is 0. The number of ether oxygens (including phenoxy) is 1. The SMILES string of the molecule is CCOc1ccc(CCC[C@H](OS(=O)(=O)C(F)(F)F)C(=O)O)cc1. The number of rotatable bonds is 9. The van der Waals surface area contributed by atoms with Crippen LogP contribution in [-0.4, -0.2) is 37.7 Å². The first kappa shape index (κ1) is 20.2. The van der Waals surface area contributed by atoms with E-state index >= 15 is 0 Å². The van der Waals surface area contributed by atoms with Crippen LogP contribution in [0.3, 0.4) is 0 Å². The van der Waals surface area contributed by atoms with E-state index in [2.05, 4.69) is 4.18 Å². The molecule has 0 fully saturated rings. The molecule has 0 saturated carbocycles. The van der Waals surface area contributed by atoms with Crippen molar-refractivity contribution < 1.29 is 40.4 Å². The Labute approximate surface area is 137 Å². The monoisotopic (exact) mass is 370 g/mol. The van der Waals surface area contributed by atoms with E-state index in [4.69, 9.17) is 9.84 Å². The molecule has 0 saturated heterocycles. The molecule has 0 bridgehead atoms. The van der Waals surface area contributed by atoms with Crippen molar-refractivity contribution in [2.24, 2.45) is 0 Å². The summed E-state index contributed by atoms with van der Waals surface area (Å²) in [6.07, 6.45) is -1.97. The number of aryl methyl sites for hydroxylation is 1. The Kier molecular flexibility index (Phi) is 7.03. The summed E-state index contributed by atoms with van der Waals surface area (Å²) in [4.78, 5) is 10.9. The predicted molar refractivity (Wildman–Crippen MR) is 78.0 cm³/mol. The van der Waals surface area contributed by atoms with Crippen LogP contribution in [-0.2, 0) is 25.5 Å². The number of carboxylic acids is 1. The van der Waals surface area contributed by atoms with E-state index in [-0.39, 0.29) is 12.8 Å². The summed E-state index contributed by atoms with van der Waals surface area (Å²) in [5.74, 6) is -1.11. The van der Waals surface area contributed by atoms with E-state index in [1.165, 1.54) is 0 Å². The molecule has 1 aromatic rings. The highest BCUT2D eigenvalue weighted by molar-refractivity contribution is 7.87. The zero-order valence-electron chi connectivity index (χ0n) is 12.7. The van der Waals surface area contributed by atoms with Gasteiger partial charge in [0.15, 0.2) is 6.10 Å². The molecule has 10 heteroatoms. The fourth-order valence-corrected chi connectivity index (χ4v) is 2.42. The normalized spacial score (nSPS) is 13.5. The number of carboxylic acid groups (broad SMARTS) is 1. The molecule has 1 rings (SSSR count). The third-order valence-electron chi connectivity index (χ3n) is 2.97. The number of halogens is 3. The van der Waals surface area contributed by atoms with Gasteiger partial charge in [-0.1, -0.05) is 12.1 Å². The van der Waals surface area contributed by atoms with Crippen LogP contribution in [0.25, 0.3) is 0 Å². The van der Waals surface area contributed by atoms with Crippen molar-refractivity contribution in [3.63, 3.8) is 0 Å². The summed E-state index contributed by atoms with van der Waals surface area (Å²) in [5, 5.41) is 8.82. The third kappa shape index (κ3) is 6.00. The molecule has 0 unspecified atom stereocenters. The second-order valence-corrected chi connectivity index (χ2v) is 6.36. The van der Waals surface area contributed by atoms with Gasteiger partial charge in [-0.05, 0) is 43.9 Å². The van der Waals surface area contributed by atoms with E-state index in [1.807, 2.05) is 6.92 Å². The molecule has 0 aromatic heterocycles. The molecule has 1 atom stereocenters. The van der Waals surface area contributed by atoms with Gasteiger partial charge in [-0.3, -0.25) is 0 Å². The van der Waals surface area contributed by atoms with Crippen molar-refractivity contribution in [3.8, 4) is 5.75 Å². The van der Waals surface area contributed by atoms with Gasteiger partial charge in [0.25, 0.3) is 0 Å². The minimum atomic E-state index is -5.95. The molecule has 0 heterocycles. The summed E-state index contributed by atoms with van der Waals surface area (Å²) in [6, 6.07) is 6.87. The highest BCUT2D eigenvalue weighted by atomic mass is 32.2. The first-order valence-electron chi connectivity index (χ1n) is 7.01. The Morgan fingerprint density at radius 3 is 2.29 bits per heavy atom. The molecule has 0 amide bonds. The van der Waals surface area contributed by atoms with Crippen LogP contribution in [0, 0.1) is 0 Å². The van der Waals surface area contributed by atoms with E-state index in [1.54, 1.807) is 24.3 Å². The Morgan fingerprint density at radius 2 is 1.83 bits per heavy atom. The number of aliphatic carboxylic acids is 1. The number of hydrogen-bond acceptors (Lipinski definition) is 5. The van der Waals surface area contributed by atoms with Gasteiger partial charge in [-0.25, -0.2) is 8.98 Å². The number of carbonyl (C=O) groups is 1. The fourth-order valence-electron chi connectivity index (χ4n) is 1.83. The van der Waals surface area contributed by atoms with Crippen LogP contribution in [0.15, 0.2) is 24.3 Å². The fraction of sp³-hybridized carbons (Fsp3) is 0.500. The van der Waals surface area contributed by atoms with Crippen molar-refractivity contribution in [3.05, 3.63) is 29.8 Å². The second kappa shape index (κ2) is 8.34. The van der Waals surface area contributed by atoms with Crippen LogP contribution in [0.1, 0.15) is 25.3 Å². The molecular formula is C14H17F3O6S. The third-order valence-corrected chi connectivity index (χ3v) is 4.02. The first-order valence-corrected chi connectivity index (χ1v) is 8.41. The molecule has 136 valence electrons. The van der Waals surface area contributed by atoms with Crippen molar-refractivity contribution in [2.75, 3.05) is 6.61 Å². The van der Waals surface area contributed by atoms with Crippen LogP contribution >= 0.6 is 0 Å². The van der Waals surface area contributed by atoms with Crippen molar-refractivity contribution in [1.29, 1.82) is 0 Å². The van der Waals surface area contributed by atoms with Gasteiger partial charge in [-0.15, -0.1) is 0 Å².